The van der Waals surface area contributed by atoms with Crippen LogP contribution in [0.3, 0.4) is 0 Å². The van der Waals surface area contributed by atoms with Crippen LogP contribution in [-0.4, -0.2) is 50.3 Å². The molecule has 0 aliphatic rings. The Bertz CT molecular complexity index is 234. The Morgan fingerprint density at radius 2 is 2.27 bits per heavy atom. The summed E-state index contributed by atoms with van der Waals surface area (Å²) in [4.78, 5) is 5.14. The number of nitrogens with zero attached hydrogens (tertiary/aromatic N) is 1. The number of hydrogen-bond acceptors (Lipinski definition) is 3. The first-order valence-electron chi connectivity index (χ1n) is 5.34. The molecule has 0 amide bonds. The molecular formula is C11H21N3O. The van der Waals surface area contributed by atoms with E-state index in [0.29, 0.717) is 0 Å². The zero-order valence-electron chi connectivity index (χ0n) is 9.62. The van der Waals surface area contributed by atoms with Crippen LogP contribution >= 0.6 is 0 Å². The van der Waals surface area contributed by atoms with E-state index in [-0.39, 0.29) is 0 Å². The van der Waals surface area contributed by atoms with Crippen LogP contribution < -0.4 is 5.32 Å². The predicted molar refractivity (Wildman–Crippen MR) is 61.9 cm³/mol. The van der Waals surface area contributed by atoms with Crippen molar-refractivity contribution in [2.45, 2.75) is 6.54 Å². The standard InChI is InChI=1S/C11H21N3O/c1-14(2)6-8-15-7-5-13-10-11-3-4-12-9-11/h3-4,9,12-13H,5-8,10H2,1-2H3. The highest BCUT2D eigenvalue weighted by Crippen LogP contribution is 1.94. The van der Waals surface area contributed by atoms with Gasteiger partial charge in [-0.25, -0.2) is 0 Å². The van der Waals surface area contributed by atoms with Crippen LogP contribution in [0.25, 0.3) is 0 Å². The van der Waals surface area contributed by atoms with Gasteiger partial charge in [0.15, 0.2) is 0 Å². The van der Waals surface area contributed by atoms with Crippen LogP contribution in [0.5, 0.6) is 0 Å². The molecule has 0 aliphatic heterocycles. The van der Waals surface area contributed by atoms with Crippen molar-refractivity contribution in [3.63, 3.8) is 0 Å². The van der Waals surface area contributed by atoms with Gasteiger partial charge in [0.25, 0.3) is 0 Å². The lowest BCUT2D eigenvalue weighted by Crippen LogP contribution is -2.22. The molecule has 0 aliphatic carbocycles. The lowest BCUT2D eigenvalue weighted by Gasteiger charge is -2.09. The first-order chi connectivity index (χ1) is 7.29. The Labute approximate surface area is 91.6 Å². The lowest BCUT2D eigenvalue weighted by molar-refractivity contribution is 0.119. The molecule has 1 rings (SSSR count). The Kier molecular flexibility index (Phi) is 6.08. The molecule has 15 heavy (non-hydrogen) atoms. The smallest absolute Gasteiger partial charge is 0.0593 e. The molecule has 0 radical (unpaired) electrons. The van der Waals surface area contributed by atoms with Crippen molar-refractivity contribution in [3.05, 3.63) is 24.0 Å². The van der Waals surface area contributed by atoms with Crippen molar-refractivity contribution in [1.29, 1.82) is 0 Å². The normalized spacial score (nSPS) is 11.1. The summed E-state index contributed by atoms with van der Waals surface area (Å²) in [5.74, 6) is 0. The van der Waals surface area contributed by atoms with Gasteiger partial charge < -0.3 is 19.9 Å². The third-order valence-corrected chi connectivity index (χ3v) is 2.10. The molecule has 0 saturated heterocycles. The summed E-state index contributed by atoms with van der Waals surface area (Å²) >= 11 is 0. The minimum absolute atomic E-state index is 0.776. The number of H-pyrrole nitrogens is 1. The van der Waals surface area contributed by atoms with Crippen LogP contribution in [0.15, 0.2) is 18.5 Å². The molecule has 1 aromatic heterocycles. The van der Waals surface area contributed by atoms with Gasteiger partial charge in [-0.15, -0.1) is 0 Å². The number of hydrogen-bond donors (Lipinski definition) is 2. The summed E-state index contributed by atoms with van der Waals surface area (Å²) in [6.45, 7) is 4.37. The molecule has 0 bridgehead atoms. The van der Waals surface area contributed by atoms with E-state index in [1.165, 1.54) is 5.56 Å². The van der Waals surface area contributed by atoms with E-state index in [2.05, 4.69) is 21.3 Å². The molecule has 4 nitrogen and oxygen atoms in total. The minimum atomic E-state index is 0.776. The first kappa shape index (κ1) is 12.2. The molecule has 1 aromatic rings. The molecule has 0 saturated carbocycles. The van der Waals surface area contributed by atoms with Crippen LogP contribution in [0.4, 0.5) is 0 Å². The molecule has 0 fully saturated rings. The number of rotatable bonds is 8. The van der Waals surface area contributed by atoms with Crippen molar-refractivity contribution in [2.75, 3.05) is 40.4 Å². The van der Waals surface area contributed by atoms with Crippen molar-refractivity contribution < 1.29 is 4.74 Å². The van der Waals surface area contributed by atoms with Gasteiger partial charge in [-0.3, -0.25) is 0 Å². The Hall–Kier alpha value is -0.840. The van der Waals surface area contributed by atoms with Gasteiger partial charge in [0.05, 0.1) is 13.2 Å². The Morgan fingerprint density at radius 3 is 2.93 bits per heavy atom. The van der Waals surface area contributed by atoms with E-state index in [4.69, 9.17) is 4.74 Å². The van der Waals surface area contributed by atoms with Crippen LogP contribution in [0.1, 0.15) is 5.56 Å². The van der Waals surface area contributed by atoms with E-state index in [1.54, 1.807) is 0 Å². The molecule has 86 valence electrons. The Balaban J connectivity index is 1.85. The highest BCUT2D eigenvalue weighted by Gasteiger charge is 1.93. The second-order valence-electron chi connectivity index (χ2n) is 3.81. The summed E-state index contributed by atoms with van der Waals surface area (Å²) in [6.07, 6.45) is 3.94. The zero-order chi connectivity index (χ0) is 10.9. The highest BCUT2D eigenvalue weighted by molar-refractivity contribution is 5.07. The summed E-state index contributed by atoms with van der Waals surface area (Å²) < 4.78 is 5.45. The molecule has 1 heterocycles. The summed E-state index contributed by atoms with van der Waals surface area (Å²) in [6, 6.07) is 2.07. The van der Waals surface area contributed by atoms with E-state index in [0.717, 1.165) is 32.8 Å². The second-order valence-corrected chi connectivity index (χ2v) is 3.81. The van der Waals surface area contributed by atoms with Gasteiger partial charge in [0.2, 0.25) is 0 Å². The van der Waals surface area contributed by atoms with E-state index < -0.39 is 0 Å². The molecule has 4 heteroatoms. The maximum atomic E-state index is 5.45. The summed E-state index contributed by atoms with van der Waals surface area (Å²) in [5.41, 5.74) is 1.28. The molecule has 0 spiro atoms. The summed E-state index contributed by atoms with van der Waals surface area (Å²) in [7, 11) is 4.10. The van der Waals surface area contributed by atoms with E-state index >= 15 is 0 Å². The maximum Gasteiger partial charge on any atom is 0.0593 e. The molecule has 0 unspecified atom stereocenters. The summed E-state index contributed by atoms with van der Waals surface area (Å²) in [5, 5.41) is 3.32. The highest BCUT2D eigenvalue weighted by atomic mass is 16.5. The fourth-order valence-electron chi connectivity index (χ4n) is 1.19. The van der Waals surface area contributed by atoms with Gasteiger partial charge in [-0.2, -0.15) is 0 Å². The second kappa shape index (κ2) is 7.45. The number of aromatic amines is 1. The van der Waals surface area contributed by atoms with Gasteiger partial charge in [0.1, 0.15) is 0 Å². The predicted octanol–water partition coefficient (Wildman–Crippen LogP) is 0.682. The van der Waals surface area contributed by atoms with Crippen LogP contribution in [-0.2, 0) is 11.3 Å². The molecular weight excluding hydrogens is 190 g/mol. The molecule has 0 atom stereocenters. The van der Waals surface area contributed by atoms with Crippen molar-refractivity contribution in [3.8, 4) is 0 Å². The first-order valence-corrected chi connectivity index (χ1v) is 5.34. The average molecular weight is 211 g/mol. The maximum absolute atomic E-state index is 5.45. The average Bonchev–Trinajstić information content (AvgIpc) is 2.68. The van der Waals surface area contributed by atoms with Gasteiger partial charge in [-0.1, -0.05) is 0 Å². The fourth-order valence-corrected chi connectivity index (χ4v) is 1.19. The largest absolute Gasteiger partial charge is 0.379 e. The van der Waals surface area contributed by atoms with E-state index in [1.807, 2.05) is 26.5 Å². The fraction of sp³-hybridized carbons (Fsp3) is 0.636. The lowest BCUT2D eigenvalue weighted by atomic mass is 10.3. The van der Waals surface area contributed by atoms with Gasteiger partial charge in [-0.05, 0) is 25.7 Å². The number of aromatic nitrogens is 1. The van der Waals surface area contributed by atoms with Crippen molar-refractivity contribution in [1.82, 2.24) is 15.2 Å². The third-order valence-electron chi connectivity index (χ3n) is 2.10. The van der Waals surface area contributed by atoms with E-state index in [9.17, 15) is 0 Å². The topological polar surface area (TPSA) is 40.3 Å². The monoisotopic (exact) mass is 211 g/mol. The van der Waals surface area contributed by atoms with Crippen molar-refractivity contribution in [2.24, 2.45) is 0 Å². The molecule has 2 N–H and O–H groups in total. The molecule has 0 aromatic carbocycles. The number of nitrogens with one attached hydrogen (secondary N) is 2. The SMILES string of the molecule is CN(C)CCOCCNCc1cc[nH]c1. The number of ether oxygens (including phenoxy) is 1. The zero-order valence-corrected chi connectivity index (χ0v) is 9.62. The quantitative estimate of drug-likeness (QED) is 0.621. The van der Waals surface area contributed by atoms with Crippen molar-refractivity contribution >= 4 is 0 Å². The minimum Gasteiger partial charge on any atom is -0.379 e. The van der Waals surface area contributed by atoms with Gasteiger partial charge >= 0.3 is 0 Å². The van der Waals surface area contributed by atoms with Gasteiger partial charge in [0, 0.05) is 32.0 Å². The third kappa shape index (κ3) is 6.28. The van der Waals surface area contributed by atoms with Crippen LogP contribution in [0.2, 0.25) is 0 Å². The number of likely N-dealkylation sites (N-methyl/N-ethyl adjacent to an activating group) is 1. The Morgan fingerprint density at radius 1 is 1.40 bits per heavy atom. The van der Waals surface area contributed by atoms with Crippen LogP contribution in [0, 0.1) is 0 Å².